The van der Waals surface area contributed by atoms with Crippen molar-refractivity contribution in [1.82, 2.24) is 0 Å². The molecule has 2 nitrogen and oxygen atoms in total. The van der Waals surface area contributed by atoms with Gasteiger partial charge >= 0.3 is 0 Å². The van der Waals surface area contributed by atoms with Crippen molar-refractivity contribution in [1.29, 1.82) is 0 Å². The van der Waals surface area contributed by atoms with Crippen LogP contribution in [0.1, 0.15) is 11.9 Å². The van der Waals surface area contributed by atoms with Crippen LogP contribution in [0.4, 0.5) is 0 Å². The molecule has 0 aliphatic carbocycles. The average molecular weight is 279 g/mol. The molecule has 1 aliphatic rings. The third kappa shape index (κ3) is 1.65. The fraction of sp³-hybridized carbons (Fsp3) is 0.231. The molecule has 0 amide bonds. The van der Waals surface area contributed by atoms with E-state index in [1.807, 2.05) is 12.1 Å². The SMILES string of the molecule is Brc1c(C2OCCO2)ccc2ccccc12. The van der Waals surface area contributed by atoms with Crippen LogP contribution in [0.3, 0.4) is 0 Å². The summed E-state index contributed by atoms with van der Waals surface area (Å²) in [7, 11) is 0. The van der Waals surface area contributed by atoms with Crippen molar-refractivity contribution >= 4 is 26.7 Å². The predicted octanol–water partition coefficient (Wildman–Crippen LogP) is 3.65. The van der Waals surface area contributed by atoms with E-state index in [1.54, 1.807) is 0 Å². The lowest BCUT2D eigenvalue weighted by atomic mass is 10.1. The number of ether oxygens (including phenoxy) is 2. The Morgan fingerprint density at radius 2 is 1.75 bits per heavy atom. The van der Waals surface area contributed by atoms with Gasteiger partial charge in [0.25, 0.3) is 0 Å². The third-order valence-corrected chi connectivity index (χ3v) is 3.65. The van der Waals surface area contributed by atoms with Crippen molar-refractivity contribution in [2.24, 2.45) is 0 Å². The maximum Gasteiger partial charge on any atom is 0.185 e. The highest BCUT2D eigenvalue weighted by atomic mass is 79.9. The molecular weight excluding hydrogens is 268 g/mol. The first-order chi connectivity index (χ1) is 7.86. The summed E-state index contributed by atoms with van der Waals surface area (Å²) in [6.07, 6.45) is -0.223. The Hall–Kier alpha value is -0.900. The summed E-state index contributed by atoms with van der Waals surface area (Å²) in [5.74, 6) is 0. The molecule has 0 aromatic heterocycles. The molecule has 1 aliphatic heterocycles. The van der Waals surface area contributed by atoms with E-state index in [9.17, 15) is 0 Å². The normalized spacial score (nSPS) is 17.1. The van der Waals surface area contributed by atoms with E-state index in [-0.39, 0.29) is 6.29 Å². The average Bonchev–Trinajstić information content (AvgIpc) is 2.83. The van der Waals surface area contributed by atoms with E-state index in [0.717, 1.165) is 10.0 Å². The van der Waals surface area contributed by atoms with E-state index in [4.69, 9.17) is 9.47 Å². The second-order valence-electron chi connectivity index (χ2n) is 3.76. The van der Waals surface area contributed by atoms with Crippen LogP contribution in [-0.4, -0.2) is 13.2 Å². The molecule has 2 aromatic rings. The smallest absolute Gasteiger partial charge is 0.185 e. The van der Waals surface area contributed by atoms with E-state index in [0.29, 0.717) is 13.2 Å². The number of fused-ring (bicyclic) bond motifs is 1. The molecule has 0 atom stereocenters. The zero-order valence-corrected chi connectivity index (χ0v) is 10.2. The minimum absolute atomic E-state index is 0.223. The van der Waals surface area contributed by atoms with Crippen LogP contribution in [0.5, 0.6) is 0 Å². The summed E-state index contributed by atoms with van der Waals surface area (Å²) in [6.45, 7) is 1.34. The van der Waals surface area contributed by atoms with Crippen molar-refractivity contribution < 1.29 is 9.47 Å². The van der Waals surface area contributed by atoms with Crippen molar-refractivity contribution in [2.75, 3.05) is 13.2 Å². The fourth-order valence-corrected chi connectivity index (χ4v) is 2.65. The van der Waals surface area contributed by atoms with Gasteiger partial charge in [-0.05, 0) is 26.7 Å². The topological polar surface area (TPSA) is 18.5 Å². The van der Waals surface area contributed by atoms with Gasteiger partial charge in [-0.1, -0.05) is 36.4 Å². The fourth-order valence-electron chi connectivity index (χ4n) is 1.97. The van der Waals surface area contributed by atoms with Crippen molar-refractivity contribution in [3.05, 3.63) is 46.4 Å². The summed E-state index contributed by atoms with van der Waals surface area (Å²) >= 11 is 3.63. The Labute approximate surface area is 102 Å². The minimum Gasteiger partial charge on any atom is -0.346 e. The van der Waals surface area contributed by atoms with E-state index >= 15 is 0 Å². The molecule has 0 saturated carbocycles. The van der Waals surface area contributed by atoms with Gasteiger partial charge in [0.15, 0.2) is 6.29 Å². The molecule has 1 fully saturated rings. The van der Waals surface area contributed by atoms with Gasteiger partial charge in [0.2, 0.25) is 0 Å². The monoisotopic (exact) mass is 278 g/mol. The lowest BCUT2D eigenvalue weighted by Gasteiger charge is -2.13. The summed E-state index contributed by atoms with van der Waals surface area (Å²) in [4.78, 5) is 0. The third-order valence-electron chi connectivity index (χ3n) is 2.77. The van der Waals surface area contributed by atoms with Gasteiger partial charge in [0.05, 0.1) is 13.2 Å². The summed E-state index contributed by atoms with van der Waals surface area (Å²) < 4.78 is 12.1. The summed E-state index contributed by atoms with van der Waals surface area (Å²) in [6, 6.07) is 12.4. The molecule has 0 unspecified atom stereocenters. The maximum absolute atomic E-state index is 5.52. The number of rotatable bonds is 1. The van der Waals surface area contributed by atoms with Crippen LogP contribution in [0, 0.1) is 0 Å². The number of halogens is 1. The van der Waals surface area contributed by atoms with E-state index in [1.165, 1.54) is 10.8 Å². The second-order valence-corrected chi connectivity index (χ2v) is 4.56. The minimum atomic E-state index is -0.223. The van der Waals surface area contributed by atoms with E-state index < -0.39 is 0 Å². The van der Waals surface area contributed by atoms with E-state index in [2.05, 4.69) is 40.2 Å². The molecule has 0 bridgehead atoms. The number of hydrogen-bond acceptors (Lipinski definition) is 2. The lowest BCUT2D eigenvalue weighted by molar-refractivity contribution is -0.0445. The van der Waals surface area contributed by atoms with Crippen LogP contribution in [0.15, 0.2) is 40.9 Å². The molecule has 2 aromatic carbocycles. The molecule has 3 heteroatoms. The Balaban J connectivity index is 2.15. The Morgan fingerprint density at radius 3 is 2.56 bits per heavy atom. The lowest BCUT2D eigenvalue weighted by Crippen LogP contribution is -1.99. The van der Waals surface area contributed by atoms with Crippen LogP contribution in [0.2, 0.25) is 0 Å². The van der Waals surface area contributed by atoms with Crippen molar-refractivity contribution in [3.63, 3.8) is 0 Å². The molecular formula is C13H11BrO2. The first-order valence-corrected chi connectivity index (χ1v) is 6.06. The number of benzene rings is 2. The van der Waals surface area contributed by atoms with Gasteiger partial charge in [0.1, 0.15) is 0 Å². The van der Waals surface area contributed by atoms with Crippen molar-refractivity contribution in [3.8, 4) is 0 Å². The van der Waals surface area contributed by atoms with Gasteiger partial charge < -0.3 is 9.47 Å². The zero-order valence-electron chi connectivity index (χ0n) is 8.65. The Morgan fingerprint density at radius 1 is 1.00 bits per heavy atom. The first-order valence-electron chi connectivity index (χ1n) is 5.26. The van der Waals surface area contributed by atoms with Crippen molar-refractivity contribution in [2.45, 2.75) is 6.29 Å². The van der Waals surface area contributed by atoms with Gasteiger partial charge in [-0.3, -0.25) is 0 Å². The molecule has 1 saturated heterocycles. The standard InChI is InChI=1S/C13H11BrO2/c14-12-10-4-2-1-3-9(10)5-6-11(12)13-15-7-8-16-13/h1-6,13H,7-8H2. The second kappa shape index (κ2) is 4.17. The maximum atomic E-state index is 5.52. The molecule has 0 spiro atoms. The Kier molecular flexibility index (Phi) is 2.67. The Bertz CT molecular complexity index is 518. The van der Waals surface area contributed by atoms with Crippen LogP contribution >= 0.6 is 15.9 Å². The van der Waals surface area contributed by atoms with Gasteiger partial charge in [-0.25, -0.2) is 0 Å². The number of hydrogen-bond donors (Lipinski definition) is 0. The largest absolute Gasteiger partial charge is 0.346 e. The summed E-state index contributed by atoms with van der Waals surface area (Å²) in [5.41, 5.74) is 1.07. The molecule has 1 heterocycles. The van der Waals surface area contributed by atoms with Crippen LogP contribution < -0.4 is 0 Å². The highest BCUT2D eigenvalue weighted by Gasteiger charge is 2.21. The van der Waals surface area contributed by atoms with Gasteiger partial charge in [-0.2, -0.15) is 0 Å². The highest BCUT2D eigenvalue weighted by molar-refractivity contribution is 9.10. The van der Waals surface area contributed by atoms with Crippen LogP contribution in [0.25, 0.3) is 10.8 Å². The molecule has 82 valence electrons. The van der Waals surface area contributed by atoms with Gasteiger partial charge in [-0.15, -0.1) is 0 Å². The predicted molar refractivity (Wildman–Crippen MR) is 66.3 cm³/mol. The zero-order chi connectivity index (χ0) is 11.0. The quantitative estimate of drug-likeness (QED) is 0.793. The summed E-state index contributed by atoms with van der Waals surface area (Å²) in [5, 5.41) is 2.41. The van der Waals surface area contributed by atoms with Gasteiger partial charge in [0, 0.05) is 10.0 Å². The molecule has 16 heavy (non-hydrogen) atoms. The molecule has 3 rings (SSSR count). The first kappa shape index (κ1) is 10.3. The highest BCUT2D eigenvalue weighted by Crippen LogP contribution is 2.34. The molecule has 0 radical (unpaired) electrons. The molecule has 0 N–H and O–H groups in total. The van der Waals surface area contributed by atoms with Crippen LogP contribution in [-0.2, 0) is 9.47 Å².